The highest BCUT2D eigenvalue weighted by atomic mass is 32.1. The number of methoxy groups -OCH3 is 3. The average molecular weight is 460 g/mol. The standard InChI is InChI=1S/C28H29NO3S/c1-30-23-15-13-22(14-16-23)28-26(19-20-8-5-4-6-9-20)33-27(29-28)17-12-21-10-7-11-24(31-2)25(18-21)32-3/h4-9,11,13-16,18H,10,12,17,19H2,1-3H3. The van der Waals surface area contributed by atoms with E-state index in [9.17, 15) is 0 Å². The smallest absolute Gasteiger partial charge is 0.160 e. The number of rotatable bonds is 9. The molecule has 1 aliphatic carbocycles. The van der Waals surface area contributed by atoms with Crippen molar-refractivity contribution in [1.29, 1.82) is 0 Å². The zero-order valence-electron chi connectivity index (χ0n) is 19.3. The lowest BCUT2D eigenvalue weighted by Gasteiger charge is -2.07. The van der Waals surface area contributed by atoms with E-state index in [4.69, 9.17) is 19.2 Å². The molecule has 1 aliphatic rings. The van der Waals surface area contributed by atoms with Crippen molar-refractivity contribution < 1.29 is 14.2 Å². The first-order valence-corrected chi connectivity index (χ1v) is 11.9. The molecule has 170 valence electrons. The summed E-state index contributed by atoms with van der Waals surface area (Å²) < 4.78 is 16.3. The van der Waals surface area contributed by atoms with Gasteiger partial charge in [-0.25, -0.2) is 4.98 Å². The lowest BCUT2D eigenvalue weighted by atomic mass is 10.1. The average Bonchev–Trinajstić information content (AvgIpc) is 3.14. The fourth-order valence-electron chi connectivity index (χ4n) is 3.87. The van der Waals surface area contributed by atoms with Gasteiger partial charge in [0.05, 0.1) is 32.0 Å². The predicted octanol–water partition coefficient (Wildman–Crippen LogP) is 6.73. The second kappa shape index (κ2) is 11.0. The van der Waals surface area contributed by atoms with Crippen LogP contribution in [0.3, 0.4) is 0 Å². The molecule has 0 saturated heterocycles. The van der Waals surface area contributed by atoms with Crippen LogP contribution in [0.2, 0.25) is 0 Å². The number of aryl methyl sites for hydroxylation is 1. The highest BCUT2D eigenvalue weighted by Crippen LogP contribution is 2.33. The van der Waals surface area contributed by atoms with Crippen LogP contribution in [0.4, 0.5) is 0 Å². The Morgan fingerprint density at radius 3 is 2.30 bits per heavy atom. The largest absolute Gasteiger partial charge is 0.497 e. The first-order chi connectivity index (χ1) is 16.2. The first kappa shape index (κ1) is 22.9. The van der Waals surface area contributed by atoms with E-state index in [0.717, 1.165) is 59.2 Å². The van der Waals surface area contributed by atoms with Crippen LogP contribution in [0.25, 0.3) is 11.3 Å². The van der Waals surface area contributed by atoms with Crippen LogP contribution < -0.4 is 4.74 Å². The molecule has 0 amide bonds. The molecule has 0 unspecified atom stereocenters. The molecular formula is C28H29NO3S. The summed E-state index contributed by atoms with van der Waals surface area (Å²) in [5.41, 5.74) is 4.78. The molecule has 0 spiro atoms. The minimum absolute atomic E-state index is 0.758. The number of allylic oxidation sites excluding steroid dienone is 4. The van der Waals surface area contributed by atoms with Gasteiger partial charge >= 0.3 is 0 Å². The van der Waals surface area contributed by atoms with Gasteiger partial charge in [-0.1, -0.05) is 42.0 Å². The van der Waals surface area contributed by atoms with E-state index in [-0.39, 0.29) is 0 Å². The Hall–Kier alpha value is -3.31. The van der Waals surface area contributed by atoms with E-state index in [1.54, 1.807) is 21.3 Å². The maximum Gasteiger partial charge on any atom is 0.160 e. The lowest BCUT2D eigenvalue weighted by Crippen LogP contribution is -1.93. The summed E-state index contributed by atoms with van der Waals surface area (Å²) in [5, 5.41) is 1.15. The quantitative estimate of drug-likeness (QED) is 0.356. The third-order valence-corrected chi connectivity index (χ3v) is 6.75. The minimum Gasteiger partial charge on any atom is -0.497 e. The Balaban J connectivity index is 1.59. The maximum absolute atomic E-state index is 5.53. The van der Waals surface area contributed by atoms with Gasteiger partial charge in [0.1, 0.15) is 5.75 Å². The number of hydrogen-bond donors (Lipinski definition) is 0. The van der Waals surface area contributed by atoms with Crippen molar-refractivity contribution in [3.05, 3.63) is 105 Å². The monoisotopic (exact) mass is 459 g/mol. The third kappa shape index (κ3) is 5.74. The summed E-state index contributed by atoms with van der Waals surface area (Å²) in [6, 6.07) is 18.7. The maximum atomic E-state index is 5.53. The Morgan fingerprint density at radius 2 is 1.61 bits per heavy atom. The van der Waals surface area contributed by atoms with E-state index < -0.39 is 0 Å². The number of hydrogen-bond acceptors (Lipinski definition) is 5. The molecule has 0 fully saturated rings. The van der Waals surface area contributed by atoms with Crippen LogP contribution in [0.5, 0.6) is 5.75 Å². The van der Waals surface area contributed by atoms with E-state index in [0.29, 0.717) is 0 Å². The zero-order valence-corrected chi connectivity index (χ0v) is 20.2. The minimum atomic E-state index is 0.758. The summed E-state index contributed by atoms with van der Waals surface area (Å²) in [6.07, 6.45) is 9.78. The number of ether oxygens (including phenoxy) is 3. The Morgan fingerprint density at radius 1 is 0.848 bits per heavy atom. The van der Waals surface area contributed by atoms with Crippen molar-refractivity contribution in [2.75, 3.05) is 21.3 Å². The third-order valence-electron chi connectivity index (χ3n) is 5.64. The number of nitrogens with zero attached hydrogens (tertiary/aromatic N) is 1. The highest BCUT2D eigenvalue weighted by molar-refractivity contribution is 7.12. The van der Waals surface area contributed by atoms with Crippen molar-refractivity contribution in [1.82, 2.24) is 4.98 Å². The molecule has 4 rings (SSSR count). The van der Waals surface area contributed by atoms with Crippen molar-refractivity contribution >= 4 is 11.3 Å². The summed E-state index contributed by atoms with van der Waals surface area (Å²) in [6.45, 7) is 0. The van der Waals surface area contributed by atoms with Crippen LogP contribution in [0, 0.1) is 0 Å². The van der Waals surface area contributed by atoms with Gasteiger partial charge in [-0.15, -0.1) is 11.3 Å². The van der Waals surface area contributed by atoms with Crippen LogP contribution >= 0.6 is 11.3 Å². The van der Waals surface area contributed by atoms with Gasteiger partial charge in [0.25, 0.3) is 0 Å². The molecule has 0 aliphatic heterocycles. The summed E-state index contributed by atoms with van der Waals surface area (Å²) in [7, 11) is 5.04. The van der Waals surface area contributed by atoms with Gasteiger partial charge in [-0.05, 0) is 54.8 Å². The summed E-state index contributed by atoms with van der Waals surface area (Å²) in [5.74, 6) is 2.38. The van der Waals surface area contributed by atoms with Crippen LogP contribution in [-0.4, -0.2) is 26.3 Å². The second-order valence-electron chi connectivity index (χ2n) is 7.82. The van der Waals surface area contributed by atoms with Crippen LogP contribution in [-0.2, 0) is 22.3 Å². The van der Waals surface area contributed by atoms with Gasteiger partial charge < -0.3 is 14.2 Å². The molecule has 0 radical (unpaired) electrons. The highest BCUT2D eigenvalue weighted by Gasteiger charge is 2.15. The summed E-state index contributed by atoms with van der Waals surface area (Å²) >= 11 is 1.81. The van der Waals surface area contributed by atoms with E-state index in [1.807, 2.05) is 29.5 Å². The number of benzene rings is 2. The topological polar surface area (TPSA) is 40.6 Å². The first-order valence-electron chi connectivity index (χ1n) is 11.1. The van der Waals surface area contributed by atoms with Gasteiger partial charge in [0, 0.05) is 23.3 Å². The zero-order chi connectivity index (χ0) is 23.0. The molecule has 0 N–H and O–H groups in total. The van der Waals surface area contributed by atoms with Gasteiger partial charge in [-0.3, -0.25) is 0 Å². The number of thiazole rings is 1. The van der Waals surface area contributed by atoms with E-state index in [2.05, 4.69) is 54.6 Å². The fraction of sp³-hybridized carbons (Fsp3) is 0.250. The van der Waals surface area contributed by atoms with E-state index in [1.165, 1.54) is 16.0 Å². The molecule has 0 atom stereocenters. The number of aromatic nitrogens is 1. The predicted molar refractivity (Wildman–Crippen MR) is 135 cm³/mol. The van der Waals surface area contributed by atoms with Crippen molar-refractivity contribution in [2.45, 2.75) is 25.7 Å². The van der Waals surface area contributed by atoms with Crippen LogP contribution in [0.1, 0.15) is 28.3 Å². The summed E-state index contributed by atoms with van der Waals surface area (Å²) in [4.78, 5) is 6.36. The molecular weight excluding hydrogens is 430 g/mol. The molecule has 4 nitrogen and oxygen atoms in total. The van der Waals surface area contributed by atoms with Gasteiger partial charge in [-0.2, -0.15) is 0 Å². The van der Waals surface area contributed by atoms with E-state index >= 15 is 0 Å². The van der Waals surface area contributed by atoms with Gasteiger partial charge in [0.15, 0.2) is 11.5 Å². The molecule has 0 bridgehead atoms. The Bertz CT molecular complexity index is 1160. The fourth-order valence-corrected chi connectivity index (χ4v) is 4.99. The van der Waals surface area contributed by atoms with Crippen molar-refractivity contribution in [3.63, 3.8) is 0 Å². The van der Waals surface area contributed by atoms with Crippen molar-refractivity contribution in [3.8, 4) is 17.0 Å². The molecule has 0 saturated carbocycles. The van der Waals surface area contributed by atoms with Crippen LogP contribution in [0.15, 0.2) is 89.9 Å². The molecule has 5 heteroatoms. The van der Waals surface area contributed by atoms with Gasteiger partial charge in [0.2, 0.25) is 0 Å². The van der Waals surface area contributed by atoms with Crippen molar-refractivity contribution in [2.24, 2.45) is 0 Å². The lowest BCUT2D eigenvalue weighted by molar-refractivity contribution is 0.241. The molecule has 33 heavy (non-hydrogen) atoms. The molecule has 1 heterocycles. The Kier molecular flexibility index (Phi) is 7.63. The molecule has 1 aromatic heterocycles. The second-order valence-corrected chi connectivity index (χ2v) is 8.98. The Labute approximate surface area is 199 Å². The molecule has 2 aromatic carbocycles. The normalized spacial score (nSPS) is 13.5. The molecule has 3 aromatic rings. The SMILES string of the molecule is COC1=C(OC)C=C(CCc2nc(-c3ccc(OC)cc3)c(Cc3ccccc3)s2)CC=C1.